The van der Waals surface area contributed by atoms with Crippen LogP contribution in [0.3, 0.4) is 0 Å². The van der Waals surface area contributed by atoms with Crippen molar-refractivity contribution in [2.24, 2.45) is 11.3 Å². The minimum absolute atomic E-state index is 0.125. The number of hydrogen-bond donors (Lipinski definition) is 1. The van der Waals surface area contributed by atoms with E-state index in [0.717, 1.165) is 19.5 Å². The molecule has 0 aromatic rings. The van der Waals surface area contributed by atoms with Gasteiger partial charge in [-0.25, -0.2) is 0 Å². The lowest BCUT2D eigenvalue weighted by Crippen LogP contribution is -2.37. The third-order valence-electron chi connectivity index (χ3n) is 4.16. The molecule has 1 aliphatic carbocycles. The molecule has 0 aromatic heterocycles. The first kappa shape index (κ1) is 9.97. The van der Waals surface area contributed by atoms with Crippen LogP contribution in [0.4, 0.5) is 0 Å². The van der Waals surface area contributed by atoms with E-state index < -0.39 is 5.97 Å². The molecule has 2 fully saturated rings. The van der Waals surface area contributed by atoms with Crippen molar-refractivity contribution in [2.75, 3.05) is 13.1 Å². The number of carbonyl (C=O) groups is 1. The van der Waals surface area contributed by atoms with Gasteiger partial charge >= 0.3 is 5.97 Å². The molecule has 1 heterocycles. The van der Waals surface area contributed by atoms with E-state index in [9.17, 15) is 4.79 Å². The standard InChI is InChI=1S/C11H19NO2/c1-8(11(2)4-5-11)12-6-3-9(7-12)10(13)14/h8-9H,3-7H2,1-2H3,(H,13,14). The maximum atomic E-state index is 10.8. The zero-order valence-electron chi connectivity index (χ0n) is 8.99. The predicted octanol–water partition coefficient (Wildman–Crippen LogP) is 1.58. The molecule has 0 amide bonds. The van der Waals surface area contributed by atoms with Gasteiger partial charge in [0, 0.05) is 12.6 Å². The second-order valence-electron chi connectivity index (χ2n) is 5.15. The van der Waals surface area contributed by atoms with Crippen LogP contribution in [0.25, 0.3) is 0 Å². The zero-order chi connectivity index (χ0) is 10.3. The molecular weight excluding hydrogens is 178 g/mol. The molecule has 0 aromatic carbocycles. The lowest BCUT2D eigenvalue weighted by Gasteiger charge is -2.29. The fourth-order valence-electron chi connectivity index (χ4n) is 2.40. The van der Waals surface area contributed by atoms with Crippen molar-refractivity contribution in [3.05, 3.63) is 0 Å². The fraction of sp³-hybridized carbons (Fsp3) is 0.909. The van der Waals surface area contributed by atoms with Crippen LogP contribution >= 0.6 is 0 Å². The van der Waals surface area contributed by atoms with E-state index in [0.29, 0.717) is 11.5 Å². The van der Waals surface area contributed by atoms with Crippen LogP contribution in [0, 0.1) is 11.3 Å². The van der Waals surface area contributed by atoms with Crippen LogP contribution < -0.4 is 0 Å². The second kappa shape index (κ2) is 3.23. The molecule has 2 atom stereocenters. The third-order valence-corrected chi connectivity index (χ3v) is 4.16. The summed E-state index contributed by atoms with van der Waals surface area (Å²) >= 11 is 0. The average Bonchev–Trinajstić information content (AvgIpc) is 2.69. The van der Waals surface area contributed by atoms with Crippen molar-refractivity contribution >= 4 is 5.97 Å². The van der Waals surface area contributed by atoms with Crippen molar-refractivity contribution in [3.63, 3.8) is 0 Å². The topological polar surface area (TPSA) is 40.5 Å². The zero-order valence-corrected chi connectivity index (χ0v) is 8.99. The molecule has 1 N–H and O–H groups in total. The predicted molar refractivity (Wildman–Crippen MR) is 54.1 cm³/mol. The average molecular weight is 197 g/mol. The molecule has 2 unspecified atom stereocenters. The number of likely N-dealkylation sites (tertiary alicyclic amines) is 1. The lowest BCUT2D eigenvalue weighted by molar-refractivity contribution is -0.141. The van der Waals surface area contributed by atoms with Gasteiger partial charge in [0.05, 0.1) is 5.92 Å². The van der Waals surface area contributed by atoms with Crippen LogP contribution in [0.2, 0.25) is 0 Å². The maximum absolute atomic E-state index is 10.8. The highest BCUT2D eigenvalue weighted by Crippen LogP contribution is 2.50. The summed E-state index contributed by atoms with van der Waals surface area (Å²) in [6.07, 6.45) is 3.45. The molecule has 1 saturated heterocycles. The number of aliphatic carboxylic acids is 1. The van der Waals surface area contributed by atoms with Gasteiger partial charge < -0.3 is 5.11 Å². The van der Waals surface area contributed by atoms with Gasteiger partial charge in [0.25, 0.3) is 0 Å². The first-order valence-electron chi connectivity index (χ1n) is 5.50. The number of rotatable bonds is 3. The van der Waals surface area contributed by atoms with Gasteiger partial charge in [0.15, 0.2) is 0 Å². The monoisotopic (exact) mass is 197 g/mol. The minimum atomic E-state index is -0.624. The summed E-state index contributed by atoms with van der Waals surface area (Å²) in [5, 5.41) is 8.90. The Labute approximate surface area is 85.1 Å². The molecule has 0 radical (unpaired) electrons. The van der Waals surface area contributed by atoms with E-state index in [2.05, 4.69) is 18.7 Å². The van der Waals surface area contributed by atoms with Crippen molar-refractivity contribution in [1.82, 2.24) is 4.90 Å². The lowest BCUT2D eigenvalue weighted by atomic mass is 9.99. The Morgan fingerprint density at radius 3 is 2.64 bits per heavy atom. The third kappa shape index (κ3) is 1.65. The molecule has 14 heavy (non-hydrogen) atoms. The number of hydrogen-bond acceptors (Lipinski definition) is 2. The molecular formula is C11H19NO2. The number of nitrogens with zero attached hydrogens (tertiary/aromatic N) is 1. The Bertz CT molecular complexity index is 248. The highest BCUT2D eigenvalue weighted by atomic mass is 16.4. The van der Waals surface area contributed by atoms with E-state index in [1.165, 1.54) is 12.8 Å². The largest absolute Gasteiger partial charge is 0.481 e. The Morgan fingerprint density at radius 1 is 1.57 bits per heavy atom. The SMILES string of the molecule is CC(N1CCC(C(=O)O)C1)C1(C)CC1. The fourth-order valence-corrected chi connectivity index (χ4v) is 2.40. The summed E-state index contributed by atoms with van der Waals surface area (Å²) in [6, 6.07) is 0.562. The summed E-state index contributed by atoms with van der Waals surface area (Å²) in [6.45, 7) is 6.28. The van der Waals surface area contributed by atoms with Gasteiger partial charge in [-0.3, -0.25) is 9.69 Å². The molecule has 2 aliphatic rings. The van der Waals surface area contributed by atoms with Crippen molar-refractivity contribution < 1.29 is 9.90 Å². The van der Waals surface area contributed by atoms with E-state index >= 15 is 0 Å². The summed E-state index contributed by atoms with van der Waals surface area (Å²) in [5.74, 6) is -0.750. The smallest absolute Gasteiger partial charge is 0.307 e. The van der Waals surface area contributed by atoms with Crippen LogP contribution in [-0.4, -0.2) is 35.1 Å². The molecule has 1 saturated carbocycles. The van der Waals surface area contributed by atoms with Gasteiger partial charge in [-0.05, 0) is 38.1 Å². The van der Waals surface area contributed by atoms with Crippen LogP contribution in [0.1, 0.15) is 33.1 Å². The quantitative estimate of drug-likeness (QED) is 0.746. The summed E-state index contributed by atoms with van der Waals surface area (Å²) in [7, 11) is 0. The molecule has 1 aliphatic heterocycles. The van der Waals surface area contributed by atoms with Gasteiger partial charge in [0.1, 0.15) is 0 Å². The second-order valence-corrected chi connectivity index (χ2v) is 5.15. The summed E-state index contributed by atoms with van der Waals surface area (Å²) in [5.41, 5.74) is 0.480. The van der Waals surface area contributed by atoms with Crippen molar-refractivity contribution in [1.29, 1.82) is 0 Å². The van der Waals surface area contributed by atoms with E-state index in [1.807, 2.05) is 0 Å². The van der Waals surface area contributed by atoms with Gasteiger partial charge in [0.2, 0.25) is 0 Å². The van der Waals surface area contributed by atoms with E-state index in [1.54, 1.807) is 0 Å². The molecule has 2 rings (SSSR count). The van der Waals surface area contributed by atoms with E-state index in [4.69, 9.17) is 5.11 Å². The highest BCUT2D eigenvalue weighted by Gasteiger charge is 2.46. The van der Waals surface area contributed by atoms with Crippen molar-refractivity contribution in [3.8, 4) is 0 Å². The normalized spacial score (nSPS) is 32.9. The Balaban J connectivity index is 1.92. The maximum Gasteiger partial charge on any atom is 0.307 e. The molecule has 3 heteroatoms. The van der Waals surface area contributed by atoms with E-state index in [-0.39, 0.29) is 5.92 Å². The minimum Gasteiger partial charge on any atom is -0.481 e. The Hall–Kier alpha value is -0.570. The first-order chi connectivity index (χ1) is 6.53. The number of carboxylic acids is 1. The number of carboxylic acid groups (broad SMARTS) is 1. The first-order valence-corrected chi connectivity index (χ1v) is 5.50. The molecule has 80 valence electrons. The molecule has 0 spiro atoms. The van der Waals surface area contributed by atoms with Gasteiger partial charge in [-0.2, -0.15) is 0 Å². The Morgan fingerprint density at radius 2 is 2.21 bits per heavy atom. The molecule has 0 bridgehead atoms. The Kier molecular flexibility index (Phi) is 2.30. The van der Waals surface area contributed by atoms with Gasteiger partial charge in [-0.15, -0.1) is 0 Å². The van der Waals surface area contributed by atoms with Crippen LogP contribution in [-0.2, 0) is 4.79 Å². The van der Waals surface area contributed by atoms with Crippen LogP contribution in [0.15, 0.2) is 0 Å². The highest BCUT2D eigenvalue weighted by molar-refractivity contribution is 5.70. The summed E-state index contributed by atoms with van der Waals surface area (Å²) in [4.78, 5) is 13.2. The molecule has 3 nitrogen and oxygen atoms in total. The van der Waals surface area contributed by atoms with Crippen LogP contribution in [0.5, 0.6) is 0 Å². The van der Waals surface area contributed by atoms with Gasteiger partial charge in [-0.1, -0.05) is 6.92 Å². The summed E-state index contributed by atoms with van der Waals surface area (Å²) < 4.78 is 0. The van der Waals surface area contributed by atoms with Crippen molar-refractivity contribution in [2.45, 2.75) is 39.2 Å².